The van der Waals surface area contributed by atoms with Crippen molar-refractivity contribution in [3.63, 3.8) is 0 Å². The predicted molar refractivity (Wildman–Crippen MR) is 156 cm³/mol. The van der Waals surface area contributed by atoms with E-state index >= 15 is 0 Å². The first-order valence-electron chi connectivity index (χ1n) is 13.5. The first-order valence-corrected chi connectivity index (χ1v) is 14.5. The molecule has 0 saturated carbocycles. The lowest BCUT2D eigenvalue weighted by Gasteiger charge is -2.33. The second-order valence-electron chi connectivity index (χ2n) is 9.72. The standard InChI is InChI=1S/C32H37NO5S/c1-34-30-18-25(32(35-2)29-7-4-3-6-28(29)30)21-38-31-19-33-14-12-27(31)24-8-10-26(11-9-24)37-16-5-15-36-20-23-13-17-39-22-23/h3-4,6-11,13,17-18,22,27,31,33H,5,12,14-16,19-21H2,1-2H3. The summed E-state index contributed by atoms with van der Waals surface area (Å²) in [5.74, 6) is 2.85. The predicted octanol–water partition coefficient (Wildman–Crippen LogP) is 6.57. The molecule has 0 amide bonds. The summed E-state index contributed by atoms with van der Waals surface area (Å²) in [6.45, 7) is 4.22. The first kappa shape index (κ1) is 27.5. The van der Waals surface area contributed by atoms with Crippen molar-refractivity contribution in [1.29, 1.82) is 0 Å². The minimum Gasteiger partial charge on any atom is -0.496 e. The summed E-state index contributed by atoms with van der Waals surface area (Å²) in [5.41, 5.74) is 3.49. The molecular formula is C32H37NO5S. The van der Waals surface area contributed by atoms with Gasteiger partial charge in [-0.25, -0.2) is 0 Å². The van der Waals surface area contributed by atoms with Crippen molar-refractivity contribution < 1.29 is 23.7 Å². The van der Waals surface area contributed by atoms with Crippen LogP contribution in [0, 0.1) is 0 Å². The van der Waals surface area contributed by atoms with Crippen LogP contribution in [0.5, 0.6) is 17.2 Å². The van der Waals surface area contributed by atoms with Gasteiger partial charge in [0.05, 0.1) is 46.8 Å². The summed E-state index contributed by atoms with van der Waals surface area (Å²) < 4.78 is 29.7. The SMILES string of the molecule is COc1cc(COC2CNCCC2c2ccc(OCCCOCc3ccsc3)cc2)c(OC)c2ccccc12. The van der Waals surface area contributed by atoms with Crippen molar-refractivity contribution in [1.82, 2.24) is 5.32 Å². The number of fused-ring (bicyclic) bond motifs is 1. The second kappa shape index (κ2) is 13.8. The Hall–Kier alpha value is -3.10. The molecule has 1 fully saturated rings. The van der Waals surface area contributed by atoms with Crippen LogP contribution in [0.2, 0.25) is 0 Å². The molecule has 2 atom stereocenters. The van der Waals surface area contributed by atoms with Gasteiger partial charge in [-0.3, -0.25) is 0 Å². The van der Waals surface area contributed by atoms with Gasteiger partial charge in [0, 0.05) is 35.2 Å². The number of nitrogens with one attached hydrogen (secondary N) is 1. The van der Waals surface area contributed by atoms with Gasteiger partial charge in [0.15, 0.2) is 0 Å². The highest BCUT2D eigenvalue weighted by Gasteiger charge is 2.28. The zero-order valence-electron chi connectivity index (χ0n) is 22.7. The summed E-state index contributed by atoms with van der Waals surface area (Å²) in [5, 5.41) is 9.75. The van der Waals surface area contributed by atoms with Gasteiger partial charge in [-0.2, -0.15) is 11.3 Å². The molecule has 1 saturated heterocycles. The van der Waals surface area contributed by atoms with E-state index in [1.807, 2.05) is 18.2 Å². The van der Waals surface area contributed by atoms with E-state index in [0.29, 0.717) is 32.3 Å². The Labute approximate surface area is 234 Å². The fourth-order valence-electron chi connectivity index (χ4n) is 5.20. The maximum atomic E-state index is 6.54. The van der Waals surface area contributed by atoms with E-state index in [0.717, 1.165) is 59.5 Å². The number of benzene rings is 3. The van der Waals surface area contributed by atoms with Gasteiger partial charge in [-0.15, -0.1) is 0 Å². The highest BCUT2D eigenvalue weighted by Crippen LogP contribution is 2.38. The number of hydrogen-bond donors (Lipinski definition) is 1. The molecule has 1 aliphatic heterocycles. The normalized spacial score (nSPS) is 17.3. The fourth-order valence-corrected chi connectivity index (χ4v) is 5.85. The summed E-state index contributed by atoms with van der Waals surface area (Å²) in [6.07, 6.45) is 1.93. The van der Waals surface area contributed by atoms with Gasteiger partial charge in [0.25, 0.3) is 0 Å². The number of piperidine rings is 1. The van der Waals surface area contributed by atoms with Crippen molar-refractivity contribution in [2.24, 2.45) is 0 Å². The summed E-state index contributed by atoms with van der Waals surface area (Å²) >= 11 is 1.70. The third-order valence-corrected chi connectivity index (χ3v) is 7.93. The third-order valence-electron chi connectivity index (χ3n) is 7.20. The lowest BCUT2D eigenvalue weighted by molar-refractivity contribution is 0.00983. The number of rotatable bonds is 13. The van der Waals surface area contributed by atoms with Crippen LogP contribution in [-0.2, 0) is 22.7 Å². The van der Waals surface area contributed by atoms with Gasteiger partial charge in [-0.1, -0.05) is 36.4 Å². The lowest BCUT2D eigenvalue weighted by atomic mass is 9.87. The van der Waals surface area contributed by atoms with Gasteiger partial charge < -0.3 is 29.0 Å². The largest absolute Gasteiger partial charge is 0.496 e. The average molecular weight is 548 g/mol. The van der Waals surface area contributed by atoms with Crippen molar-refractivity contribution in [2.75, 3.05) is 40.5 Å². The van der Waals surface area contributed by atoms with E-state index in [4.69, 9.17) is 23.7 Å². The van der Waals surface area contributed by atoms with Crippen LogP contribution in [0.25, 0.3) is 10.8 Å². The van der Waals surface area contributed by atoms with Gasteiger partial charge >= 0.3 is 0 Å². The topological polar surface area (TPSA) is 58.2 Å². The van der Waals surface area contributed by atoms with Crippen LogP contribution >= 0.6 is 11.3 Å². The molecule has 39 heavy (non-hydrogen) atoms. The Balaban J connectivity index is 1.17. The van der Waals surface area contributed by atoms with Gasteiger partial charge in [-0.05, 0) is 59.1 Å². The molecule has 2 unspecified atom stereocenters. The second-order valence-corrected chi connectivity index (χ2v) is 10.5. The molecule has 0 aliphatic carbocycles. The molecule has 7 heteroatoms. The van der Waals surface area contributed by atoms with Crippen LogP contribution < -0.4 is 19.5 Å². The van der Waals surface area contributed by atoms with E-state index in [2.05, 4.69) is 58.5 Å². The van der Waals surface area contributed by atoms with Crippen molar-refractivity contribution in [2.45, 2.75) is 38.1 Å². The maximum Gasteiger partial charge on any atom is 0.132 e. The summed E-state index contributed by atoms with van der Waals surface area (Å²) in [6, 6.07) is 20.8. The molecule has 0 radical (unpaired) electrons. The number of thiophene rings is 1. The van der Waals surface area contributed by atoms with E-state index in [1.165, 1.54) is 11.1 Å². The molecule has 206 valence electrons. The van der Waals surface area contributed by atoms with Crippen LogP contribution in [0.1, 0.15) is 35.4 Å². The molecule has 4 aromatic rings. The molecule has 0 bridgehead atoms. The highest BCUT2D eigenvalue weighted by atomic mass is 32.1. The van der Waals surface area contributed by atoms with Gasteiger partial charge in [0.1, 0.15) is 17.2 Å². The Morgan fingerprint density at radius 1 is 0.923 bits per heavy atom. The average Bonchev–Trinajstić information content (AvgIpc) is 3.51. The molecule has 3 aromatic carbocycles. The molecular weight excluding hydrogens is 510 g/mol. The maximum absolute atomic E-state index is 6.54. The monoisotopic (exact) mass is 547 g/mol. The molecule has 5 rings (SSSR count). The van der Waals surface area contributed by atoms with Crippen LogP contribution in [0.15, 0.2) is 71.4 Å². The van der Waals surface area contributed by atoms with E-state index < -0.39 is 0 Å². The number of methoxy groups -OCH3 is 2. The quantitative estimate of drug-likeness (QED) is 0.191. The molecule has 2 heterocycles. The van der Waals surface area contributed by atoms with Crippen molar-refractivity contribution in [3.05, 3.63) is 88.1 Å². The van der Waals surface area contributed by atoms with E-state index in [1.54, 1.807) is 25.6 Å². The molecule has 0 spiro atoms. The fraction of sp³-hybridized carbons (Fsp3) is 0.375. The van der Waals surface area contributed by atoms with Crippen molar-refractivity contribution >= 4 is 22.1 Å². The molecule has 1 aromatic heterocycles. The minimum atomic E-state index is 0.0491. The smallest absolute Gasteiger partial charge is 0.132 e. The highest BCUT2D eigenvalue weighted by molar-refractivity contribution is 7.07. The Bertz CT molecular complexity index is 1310. The van der Waals surface area contributed by atoms with Crippen LogP contribution in [0.4, 0.5) is 0 Å². The van der Waals surface area contributed by atoms with Crippen LogP contribution in [-0.4, -0.2) is 46.6 Å². The lowest BCUT2D eigenvalue weighted by Crippen LogP contribution is -2.41. The number of hydrogen-bond acceptors (Lipinski definition) is 7. The first-order chi connectivity index (χ1) is 19.3. The Morgan fingerprint density at radius 2 is 1.77 bits per heavy atom. The van der Waals surface area contributed by atoms with Crippen LogP contribution in [0.3, 0.4) is 0 Å². The van der Waals surface area contributed by atoms with Crippen molar-refractivity contribution in [3.8, 4) is 17.2 Å². The zero-order valence-corrected chi connectivity index (χ0v) is 23.5. The minimum absolute atomic E-state index is 0.0491. The van der Waals surface area contributed by atoms with E-state index in [-0.39, 0.29) is 6.10 Å². The zero-order chi connectivity index (χ0) is 26.9. The molecule has 1 aliphatic rings. The Morgan fingerprint density at radius 3 is 2.54 bits per heavy atom. The molecule has 1 N–H and O–H groups in total. The summed E-state index contributed by atoms with van der Waals surface area (Å²) in [4.78, 5) is 0. The number of ether oxygens (including phenoxy) is 5. The summed E-state index contributed by atoms with van der Waals surface area (Å²) in [7, 11) is 3.41. The van der Waals surface area contributed by atoms with Gasteiger partial charge in [0.2, 0.25) is 0 Å². The van der Waals surface area contributed by atoms with E-state index in [9.17, 15) is 0 Å². The Kier molecular flexibility index (Phi) is 9.72. The molecule has 6 nitrogen and oxygen atoms in total. The third kappa shape index (κ3) is 6.92.